The third-order valence-corrected chi connectivity index (χ3v) is 2.52. The summed E-state index contributed by atoms with van der Waals surface area (Å²) in [5.41, 5.74) is 0.673. The smallest absolute Gasteiger partial charge is 0.341 e. The van der Waals surface area contributed by atoms with Gasteiger partial charge in [0.2, 0.25) is 0 Å². The maximum atomic E-state index is 13.3. The molecule has 0 fully saturated rings. The van der Waals surface area contributed by atoms with Gasteiger partial charge in [0.05, 0.1) is 18.9 Å². The summed E-state index contributed by atoms with van der Waals surface area (Å²) >= 11 is 0. The number of hydrogen-bond donors (Lipinski definition) is 0. The second kappa shape index (κ2) is 5.95. The number of aromatic nitrogens is 1. The molecule has 0 aliphatic rings. The lowest BCUT2D eigenvalue weighted by Crippen LogP contribution is -2.07. The minimum Gasteiger partial charge on any atom is -0.497 e. The number of ether oxygens (including phenoxy) is 2. The Bertz CT molecular complexity index is 569. The molecule has 0 spiro atoms. The van der Waals surface area contributed by atoms with E-state index in [9.17, 15) is 9.18 Å². The Hall–Kier alpha value is -2.43. The zero-order chi connectivity index (χ0) is 13.7. The molecule has 2 aromatic rings. The highest BCUT2D eigenvalue weighted by Crippen LogP contribution is 2.13. The van der Waals surface area contributed by atoms with Crippen LogP contribution in [0, 0.1) is 5.82 Å². The number of rotatable bonds is 4. The third kappa shape index (κ3) is 3.28. The van der Waals surface area contributed by atoms with Gasteiger partial charge in [-0.3, -0.25) is 4.98 Å². The van der Waals surface area contributed by atoms with E-state index in [4.69, 9.17) is 9.47 Å². The van der Waals surface area contributed by atoms with Crippen LogP contribution in [-0.2, 0) is 11.3 Å². The van der Waals surface area contributed by atoms with Crippen LogP contribution >= 0.6 is 0 Å². The fourth-order valence-corrected chi connectivity index (χ4v) is 1.49. The Morgan fingerprint density at radius 3 is 2.63 bits per heavy atom. The van der Waals surface area contributed by atoms with Crippen LogP contribution in [-0.4, -0.2) is 18.1 Å². The van der Waals surface area contributed by atoms with E-state index in [2.05, 4.69) is 4.98 Å². The molecule has 0 unspecified atom stereocenters. The van der Waals surface area contributed by atoms with Gasteiger partial charge in [0.1, 0.15) is 12.4 Å². The summed E-state index contributed by atoms with van der Waals surface area (Å²) in [7, 11) is 1.57. The average molecular weight is 261 g/mol. The van der Waals surface area contributed by atoms with Crippen molar-refractivity contribution in [3.8, 4) is 5.75 Å². The van der Waals surface area contributed by atoms with Crippen LogP contribution in [0.25, 0.3) is 0 Å². The summed E-state index contributed by atoms with van der Waals surface area (Å²) in [6.45, 7) is 0.0740. The summed E-state index contributed by atoms with van der Waals surface area (Å²) in [6.07, 6.45) is 2.32. The van der Waals surface area contributed by atoms with E-state index < -0.39 is 11.8 Å². The summed E-state index contributed by atoms with van der Waals surface area (Å²) in [6, 6.07) is 8.35. The number of halogens is 1. The normalized spacial score (nSPS) is 10.0. The number of carbonyl (C=O) groups is 1. The van der Waals surface area contributed by atoms with E-state index in [1.165, 1.54) is 12.3 Å². The Balaban J connectivity index is 1.98. The maximum absolute atomic E-state index is 13.3. The van der Waals surface area contributed by atoms with Crippen molar-refractivity contribution in [1.82, 2.24) is 4.98 Å². The van der Waals surface area contributed by atoms with Gasteiger partial charge < -0.3 is 9.47 Å². The van der Waals surface area contributed by atoms with E-state index >= 15 is 0 Å². The lowest BCUT2D eigenvalue weighted by Gasteiger charge is -2.06. The van der Waals surface area contributed by atoms with Crippen LogP contribution < -0.4 is 4.74 Å². The van der Waals surface area contributed by atoms with Gasteiger partial charge in [-0.15, -0.1) is 0 Å². The standard InChI is InChI=1S/C14H12FNO3/c1-18-11-4-2-10(3-5-11)9-19-14(17)12-6-7-16-8-13(12)15/h2-8H,9H2,1H3. The van der Waals surface area contributed by atoms with Crippen molar-refractivity contribution in [3.05, 3.63) is 59.7 Å². The number of hydrogen-bond acceptors (Lipinski definition) is 4. The Morgan fingerprint density at radius 2 is 2.00 bits per heavy atom. The largest absolute Gasteiger partial charge is 0.497 e. The second-order valence-electron chi connectivity index (χ2n) is 3.78. The average Bonchev–Trinajstić information content (AvgIpc) is 2.46. The van der Waals surface area contributed by atoms with E-state index in [-0.39, 0.29) is 12.2 Å². The lowest BCUT2D eigenvalue weighted by molar-refractivity contribution is 0.0467. The number of esters is 1. The first-order valence-corrected chi connectivity index (χ1v) is 5.60. The van der Waals surface area contributed by atoms with Gasteiger partial charge in [-0.2, -0.15) is 0 Å². The van der Waals surface area contributed by atoms with Crippen LogP contribution in [0.15, 0.2) is 42.7 Å². The molecule has 0 saturated carbocycles. The predicted octanol–water partition coefficient (Wildman–Crippen LogP) is 2.59. The molecule has 4 nitrogen and oxygen atoms in total. The van der Waals surface area contributed by atoms with Crippen molar-refractivity contribution in [2.24, 2.45) is 0 Å². The molecule has 98 valence electrons. The molecule has 19 heavy (non-hydrogen) atoms. The zero-order valence-electron chi connectivity index (χ0n) is 10.3. The van der Waals surface area contributed by atoms with Crippen LogP contribution in [0.5, 0.6) is 5.75 Å². The molecule has 0 aliphatic heterocycles. The van der Waals surface area contributed by atoms with Gasteiger partial charge in [-0.05, 0) is 23.8 Å². The van der Waals surface area contributed by atoms with E-state index in [1.807, 2.05) is 0 Å². The van der Waals surface area contributed by atoms with Crippen molar-refractivity contribution in [2.75, 3.05) is 7.11 Å². The minimum atomic E-state index is -0.712. The number of pyridine rings is 1. The Kier molecular flexibility index (Phi) is 4.07. The molecule has 1 aromatic heterocycles. The predicted molar refractivity (Wildman–Crippen MR) is 66.3 cm³/mol. The lowest BCUT2D eigenvalue weighted by atomic mass is 10.2. The van der Waals surface area contributed by atoms with Gasteiger partial charge >= 0.3 is 5.97 Å². The second-order valence-corrected chi connectivity index (χ2v) is 3.78. The highest BCUT2D eigenvalue weighted by atomic mass is 19.1. The molecular formula is C14H12FNO3. The fraction of sp³-hybridized carbons (Fsp3) is 0.143. The summed E-state index contributed by atoms with van der Waals surface area (Å²) < 4.78 is 23.3. The first-order valence-electron chi connectivity index (χ1n) is 5.60. The van der Waals surface area contributed by atoms with E-state index in [1.54, 1.807) is 31.4 Å². The highest BCUT2D eigenvalue weighted by Gasteiger charge is 2.12. The molecule has 0 radical (unpaired) electrons. The molecule has 0 N–H and O–H groups in total. The fourth-order valence-electron chi connectivity index (χ4n) is 1.49. The molecule has 1 aromatic carbocycles. The molecule has 5 heteroatoms. The summed E-state index contributed by atoms with van der Waals surface area (Å²) in [5.74, 6) is -0.687. The molecule has 0 atom stereocenters. The minimum absolute atomic E-state index is 0.0740. The number of methoxy groups -OCH3 is 1. The van der Waals surface area contributed by atoms with Crippen LogP contribution in [0.4, 0.5) is 4.39 Å². The highest BCUT2D eigenvalue weighted by molar-refractivity contribution is 5.89. The molecule has 1 heterocycles. The topological polar surface area (TPSA) is 48.4 Å². The molecule has 0 bridgehead atoms. The third-order valence-electron chi connectivity index (χ3n) is 2.52. The maximum Gasteiger partial charge on any atom is 0.341 e. The Morgan fingerprint density at radius 1 is 1.26 bits per heavy atom. The Labute approximate surface area is 109 Å². The van der Waals surface area contributed by atoms with Crippen molar-refractivity contribution >= 4 is 5.97 Å². The van der Waals surface area contributed by atoms with Gasteiger partial charge in [-0.25, -0.2) is 9.18 Å². The SMILES string of the molecule is COc1ccc(COC(=O)c2ccncc2F)cc1. The molecule has 0 aliphatic carbocycles. The number of nitrogens with zero attached hydrogens (tertiary/aromatic N) is 1. The van der Waals surface area contributed by atoms with Crippen LogP contribution in [0.2, 0.25) is 0 Å². The molecular weight excluding hydrogens is 249 g/mol. The van der Waals surface area contributed by atoms with Gasteiger partial charge in [0, 0.05) is 6.20 Å². The molecule has 2 rings (SSSR count). The van der Waals surface area contributed by atoms with Crippen LogP contribution in [0.3, 0.4) is 0 Å². The molecule has 0 saturated heterocycles. The first kappa shape index (κ1) is 13.0. The van der Waals surface area contributed by atoms with Gasteiger partial charge in [-0.1, -0.05) is 12.1 Å². The molecule has 0 amide bonds. The van der Waals surface area contributed by atoms with E-state index in [0.717, 1.165) is 17.5 Å². The number of benzene rings is 1. The summed E-state index contributed by atoms with van der Waals surface area (Å²) in [5, 5.41) is 0. The summed E-state index contributed by atoms with van der Waals surface area (Å²) in [4.78, 5) is 15.2. The number of carbonyl (C=O) groups excluding carboxylic acids is 1. The van der Waals surface area contributed by atoms with E-state index in [0.29, 0.717) is 0 Å². The first-order chi connectivity index (χ1) is 9.20. The van der Waals surface area contributed by atoms with Crippen molar-refractivity contribution < 1.29 is 18.7 Å². The van der Waals surface area contributed by atoms with Crippen molar-refractivity contribution in [2.45, 2.75) is 6.61 Å². The monoisotopic (exact) mass is 261 g/mol. The van der Waals surface area contributed by atoms with Crippen molar-refractivity contribution in [1.29, 1.82) is 0 Å². The van der Waals surface area contributed by atoms with Gasteiger partial charge in [0.15, 0.2) is 5.82 Å². The quantitative estimate of drug-likeness (QED) is 0.794. The van der Waals surface area contributed by atoms with Gasteiger partial charge in [0.25, 0.3) is 0 Å². The van der Waals surface area contributed by atoms with Crippen LogP contribution in [0.1, 0.15) is 15.9 Å². The zero-order valence-corrected chi connectivity index (χ0v) is 10.3. The van der Waals surface area contributed by atoms with Crippen molar-refractivity contribution in [3.63, 3.8) is 0 Å².